The number of ether oxygens (including phenoxy) is 1. The van der Waals surface area contributed by atoms with Crippen LogP contribution in [0.3, 0.4) is 0 Å². The number of nitrogens with zero attached hydrogens (tertiary/aromatic N) is 1. The van der Waals surface area contributed by atoms with Gasteiger partial charge in [-0.15, -0.1) is 0 Å². The molecule has 0 fully saturated rings. The molecule has 174 valence electrons. The Morgan fingerprint density at radius 2 is 1.61 bits per heavy atom. The Morgan fingerprint density at radius 3 is 2.18 bits per heavy atom. The molecule has 0 spiro atoms. The summed E-state index contributed by atoms with van der Waals surface area (Å²) in [5.41, 5.74) is 8.43. The van der Waals surface area contributed by atoms with Gasteiger partial charge in [-0.2, -0.15) is 17.5 Å². The molecule has 0 aliphatic carbocycles. The van der Waals surface area contributed by atoms with Crippen molar-refractivity contribution in [3.63, 3.8) is 0 Å². The monoisotopic (exact) mass is 473 g/mol. The van der Waals surface area contributed by atoms with Crippen LogP contribution in [0.4, 0.5) is 19.0 Å². The largest absolute Gasteiger partial charge is 0.497 e. The number of anilines is 1. The first-order valence-corrected chi connectivity index (χ1v) is 11.3. The quantitative estimate of drug-likeness (QED) is 0.304. The highest BCUT2D eigenvalue weighted by Gasteiger charge is 2.33. The first-order chi connectivity index (χ1) is 15.8. The Hall–Kier alpha value is -3.10. The summed E-state index contributed by atoms with van der Waals surface area (Å²) in [6, 6.07) is 20.8. The van der Waals surface area contributed by atoms with Gasteiger partial charge in [-0.3, -0.25) is 0 Å². The molecule has 0 atom stereocenters. The van der Waals surface area contributed by atoms with Crippen LogP contribution in [0.25, 0.3) is 21.2 Å². The summed E-state index contributed by atoms with van der Waals surface area (Å²) < 4.78 is 46.8. The Kier molecular flexibility index (Phi) is 8.30. The Balaban J connectivity index is 0.000000194. The molecule has 0 aliphatic rings. The van der Waals surface area contributed by atoms with Crippen LogP contribution in [0.1, 0.15) is 24.5 Å². The number of nitrogen functional groups attached to an aromatic ring is 1. The number of nitrogens with two attached hydrogens (primary N) is 1. The molecule has 3 aromatic carbocycles. The fourth-order valence-electron chi connectivity index (χ4n) is 3.26. The van der Waals surface area contributed by atoms with E-state index in [4.69, 9.17) is 10.5 Å². The third kappa shape index (κ3) is 6.46. The van der Waals surface area contributed by atoms with Crippen molar-refractivity contribution in [1.29, 1.82) is 0 Å². The second-order valence-corrected chi connectivity index (χ2v) is 8.15. The Labute approximate surface area is 195 Å². The molecule has 0 radical (unpaired) electrons. The molecular weight excluding hydrogens is 447 g/mol. The number of rotatable bonds is 6. The van der Waals surface area contributed by atoms with Gasteiger partial charge >= 0.3 is 6.18 Å². The van der Waals surface area contributed by atoms with Crippen LogP contribution in [0, 0.1) is 0 Å². The molecule has 0 amide bonds. The van der Waals surface area contributed by atoms with E-state index in [0.29, 0.717) is 4.70 Å². The van der Waals surface area contributed by atoms with Crippen LogP contribution >= 0.6 is 11.5 Å². The highest BCUT2D eigenvalue weighted by Crippen LogP contribution is 2.38. The number of hydrogen-bond donors (Lipinski definition) is 2. The number of fused-ring (bicyclic) bond motifs is 1. The maximum atomic E-state index is 12.5. The topological polar surface area (TPSA) is 60.2 Å². The smallest absolute Gasteiger partial charge is 0.417 e. The van der Waals surface area contributed by atoms with Gasteiger partial charge in [-0.05, 0) is 65.5 Å². The highest BCUT2D eigenvalue weighted by molar-refractivity contribution is 7.13. The van der Waals surface area contributed by atoms with E-state index < -0.39 is 11.7 Å². The van der Waals surface area contributed by atoms with Crippen molar-refractivity contribution < 1.29 is 17.9 Å². The fraction of sp³-hybridized carbons (Fsp3) is 0.240. The lowest BCUT2D eigenvalue weighted by atomic mass is 10.0. The summed E-state index contributed by atoms with van der Waals surface area (Å²) in [6.07, 6.45) is -3.21. The van der Waals surface area contributed by atoms with Gasteiger partial charge < -0.3 is 15.8 Å². The molecule has 0 bridgehead atoms. The molecule has 0 unspecified atom stereocenters. The molecule has 4 rings (SSSR count). The van der Waals surface area contributed by atoms with E-state index in [0.717, 1.165) is 36.4 Å². The van der Waals surface area contributed by atoms with Gasteiger partial charge in [0.15, 0.2) is 0 Å². The van der Waals surface area contributed by atoms with E-state index in [1.807, 2.05) is 12.1 Å². The van der Waals surface area contributed by atoms with E-state index in [9.17, 15) is 13.2 Å². The molecule has 1 aromatic heterocycles. The molecular formula is C25H26F3N3OS. The summed E-state index contributed by atoms with van der Waals surface area (Å²) in [5, 5.41) is 3.41. The summed E-state index contributed by atoms with van der Waals surface area (Å²) in [4.78, 5) is 0. The van der Waals surface area contributed by atoms with E-state index >= 15 is 0 Å². The lowest BCUT2D eigenvalue weighted by Crippen LogP contribution is -2.13. The van der Waals surface area contributed by atoms with Crippen LogP contribution in [-0.4, -0.2) is 18.0 Å². The normalized spacial score (nSPS) is 11.2. The van der Waals surface area contributed by atoms with Gasteiger partial charge in [0.2, 0.25) is 0 Å². The lowest BCUT2D eigenvalue weighted by Gasteiger charge is -2.07. The maximum Gasteiger partial charge on any atom is 0.417 e. The standard InChI is InChI=1S/C17H21NO.C8H5F3N2S/c1-3-12-18-13-14-4-6-15(7-5-14)16-8-10-17(19-2)11-9-16;9-8(10,11)4-2-1-3-5-6(4)7(12)13-14-5/h4-11,18H,3,12-13H2,1-2H3;1-3H,(H2,12,13). The molecule has 33 heavy (non-hydrogen) atoms. The highest BCUT2D eigenvalue weighted by atomic mass is 32.1. The molecule has 4 aromatic rings. The lowest BCUT2D eigenvalue weighted by molar-refractivity contribution is -0.136. The Bertz CT molecular complexity index is 1160. The number of alkyl halides is 3. The molecule has 0 aliphatic heterocycles. The van der Waals surface area contributed by atoms with Crippen LogP contribution in [-0.2, 0) is 12.7 Å². The minimum absolute atomic E-state index is 0.00463. The van der Waals surface area contributed by atoms with Gasteiger partial charge in [-0.25, -0.2) is 0 Å². The van der Waals surface area contributed by atoms with Crippen LogP contribution in [0.2, 0.25) is 0 Å². The molecule has 3 N–H and O–H groups in total. The van der Waals surface area contributed by atoms with Crippen molar-refractivity contribution in [3.8, 4) is 16.9 Å². The number of halogens is 3. The zero-order valence-corrected chi connectivity index (χ0v) is 19.3. The molecule has 0 saturated heterocycles. The molecule has 1 heterocycles. The van der Waals surface area contributed by atoms with E-state index in [1.54, 1.807) is 13.2 Å². The number of methoxy groups -OCH3 is 1. The van der Waals surface area contributed by atoms with Crippen molar-refractivity contribution >= 4 is 27.4 Å². The summed E-state index contributed by atoms with van der Waals surface area (Å²) in [6.45, 7) is 4.19. The zero-order chi connectivity index (χ0) is 23.8. The second-order valence-electron chi connectivity index (χ2n) is 7.35. The predicted molar refractivity (Wildman–Crippen MR) is 129 cm³/mol. The van der Waals surface area contributed by atoms with Gasteiger partial charge in [0, 0.05) is 11.9 Å². The van der Waals surface area contributed by atoms with Gasteiger partial charge in [0.05, 0.1) is 17.4 Å². The first kappa shape index (κ1) is 24.5. The number of hydrogen-bond acceptors (Lipinski definition) is 5. The third-order valence-electron chi connectivity index (χ3n) is 4.96. The van der Waals surface area contributed by atoms with Crippen molar-refractivity contribution in [2.24, 2.45) is 0 Å². The summed E-state index contributed by atoms with van der Waals surface area (Å²) in [5.74, 6) is 0.835. The summed E-state index contributed by atoms with van der Waals surface area (Å²) in [7, 11) is 1.69. The molecule has 0 saturated carbocycles. The van der Waals surface area contributed by atoms with E-state index in [1.165, 1.54) is 29.2 Å². The average Bonchev–Trinajstić information content (AvgIpc) is 3.20. The first-order valence-electron chi connectivity index (χ1n) is 10.5. The summed E-state index contributed by atoms with van der Waals surface area (Å²) >= 11 is 0.969. The fourth-order valence-corrected chi connectivity index (χ4v) is 3.99. The number of aromatic nitrogens is 1. The van der Waals surface area contributed by atoms with Gasteiger partial charge in [-0.1, -0.05) is 49.4 Å². The number of benzene rings is 3. The molecule has 8 heteroatoms. The number of nitrogens with one attached hydrogen (secondary N) is 1. The SMILES string of the molecule is CCCNCc1ccc(-c2ccc(OC)cc2)cc1.Nc1nsc2cccc(C(F)(F)F)c12. The van der Waals surface area contributed by atoms with E-state index in [-0.39, 0.29) is 11.2 Å². The zero-order valence-electron chi connectivity index (χ0n) is 18.4. The van der Waals surface area contributed by atoms with Gasteiger partial charge in [0.1, 0.15) is 11.6 Å². The van der Waals surface area contributed by atoms with E-state index in [2.05, 4.69) is 53.0 Å². The van der Waals surface area contributed by atoms with Crippen LogP contribution < -0.4 is 15.8 Å². The minimum atomic E-state index is -4.38. The third-order valence-corrected chi connectivity index (χ3v) is 5.79. The molecule has 4 nitrogen and oxygen atoms in total. The minimum Gasteiger partial charge on any atom is -0.497 e. The van der Waals surface area contributed by atoms with Crippen LogP contribution in [0.5, 0.6) is 5.75 Å². The van der Waals surface area contributed by atoms with Crippen molar-refractivity contribution in [2.75, 3.05) is 19.4 Å². The van der Waals surface area contributed by atoms with Gasteiger partial charge in [0.25, 0.3) is 0 Å². The van der Waals surface area contributed by atoms with Crippen molar-refractivity contribution in [2.45, 2.75) is 26.1 Å². The average molecular weight is 474 g/mol. The Morgan fingerprint density at radius 1 is 0.970 bits per heavy atom. The second kappa shape index (κ2) is 11.2. The predicted octanol–water partition coefficient (Wildman–Crippen LogP) is 6.76. The maximum absolute atomic E-state index is 12.5. The van der Waals surface area contributed by atoms with Crippen molar-refractivity contribution in [1.82, 2.24) is 9.69 Å². The van der Waals surface area contributed by atoms with Crippen LogP contribution in [0.15, 0.2) is 66.7 Å². The van der Waals surface area contributed by atoms with Crippen molar-refractivity contribution in [3.05, 3.63) is 77.9 Å².